The van der Waals surface area contributed by atoms with E-state index in [1.807, 2.05) is 18.2 Å². The number of likely N-dealkylation sites (N-methyl/N-ethyl adjacent to an activating group) is 1. The van der Waals surface area contributed by atoms with Crippen molar-refractivity contribution in [3.8, 4) is 17.2 Å². The summed E-state index contributed by atoms with van der Waals surface area (Å²) in [6, 6.07) is 5.46. The second-order valence-electron chi connectivity index (χ2n) is 5.58. The highest BCUT2D eigenvalue weighted by molar-refractivity contribution is 5.92. The van der Waals surface area contributed by atoms with Gasteiger partial charge < -0.3 is 25.0 Å². The van der Waals surface area contributed by atoms with Gasteiger partial charge >= 0.3 is 5.97 Å². The molecule has 1 atom stereocenters. The van der Waals surface area contributed by atoms with E-state index in [0.717, 1.165) is 5.56 Å². The lowest BCUT2D eigenvalue weighted by atomic mass is 10.1. The maximum atomic E-state index is 12.0. The first-order valence-electron chi connectivity index (χ1n) is 8.05. The van der Waals surface area contributed by atoms with Gasteiger partial charge in [0.15, 0.2) is 0 Å². The van der Waals surface area contributed by atoms with Crippen LogP contribution in [0.15, 0.2) is 42.7 Å². The molecule has 2 rings (SSSR count). The Hall–Kier alpha value is -3.06. The number of ether oxygens (including phenoxy) is 2. The number of benzene rings is 1. The van der Waals surface area contributed by atoms with Crippen LogP contribution in [-0.2, 0) is 4.74 Å². The fraction of sp³-hybridized carbons (Fsp3) is 0.263. The normalized spacial score (nSPS) is 12.1. The van der Waals surface area contributed by atoms with E-state index in [0.29, 0.717) is 12.2 Å². The Bertz CT molecular complexity index is 776. The molecular formula is C19H22N2O5. The summed E-state index contributed by atoms with van der Waals surface area (Å²) in [4.78, 5) is 16.1. The number of hydrogen-bond acceptors (Lipinski definition) is 7. The largest absolute Gasteiger partial charge is 0.508 e. The quantitative estimate of drug-likeness (QED) is 0.492. The first-order chi connectivity index (χ1) is 12.5. The van der Waals surface area contributed by atoms with Gasteiger partial charge in [0.2, 0.25) is 0 Å². The number of phenols is 2. The summed E-state index contributed by atoms with van der Waals surface area (Å²) >= 11 is 0. The van der Waals surface area contributed by atoms with E-state index >= 15 is 0 Å². The van der Waals surface area contributed by atoms with Crippen LogP contribution < -0.4 is 10.1 Å². The molecule has 138 valence electrons. The Morgan fingerprint density at radius 2 is 2.12 bits per heavy atom. The van der Waals surface area contributed by atoms with Crippen LogP contribution in [0.4, 0.5) is 0 Å². The van der Waals surface area contributed by atoms with Gasteiger partial charge in [-0.2, -0.15) is 0 Å². The summed E-state index contributed by atoms with van der Waals surface area (Å²) in [5.74, 6) is -0.370. The molecule has 0 aliphatic heterocycles. The lowest BCUT2D eigenvalue weighted by Gasteiger charge is -2.15. The van der Waals surface area contributed by atoms with E-state index in [1.54, 1.807) is 26.6 Å². The molecule has 1 aromatic carbocycles. The van der Waals surface area contributed by atoms with Gasteiger partial charge in [-0.1, -0.05) is 12.2 Å². The fourth-order valence-electron chi connectivity index (χ4n) is 2.22. The molecule has 0 saturated heterocycles. The highest BCUT2D eigenvalue weighted by atomic mass is 16.5. The maximum absolute atomic E-state index is 12.0. The van der Waals surface area contributed by atoms with Crippen molar-refractivity contribution in [2.75, 3.05) is 20.8 Å². The number of esters is 1. The molecule has 3 N–H and O–H groups in total. The molecule has 0 aliphatic rings. The van der Waals surface area contributed by atoms with Gasteiger partial charge in [-0.25, -0.2) is 4.79 Å². The van der Waals surface area contributed by atoms with E-state index in [-0.39, 0.29) is 29.7 Å². The van der Waals surface area contributed by atoms with Gasteiger partial charge in [0, 0.05) is 12.2 Å². The average Bonchev–Trinajstić information content (AvgIpc) is 2.66. The molecule has 0 saturated carbocycles. The molecule has 0 unspecified atom stereocenters. The molecule has 0 fully saturated rings. The Kier molecular flexibility index (Phi) is 6.99. The van der Waals surface area contributed by atoms with E-state index in [4.69, 9.17) is 9.47 Å². The number of nitrogens with zero attached hydrogens (tertiary/aromatic N) is 1. The fourth-order valence-corrected chi connectivity index (χ4v) is 2.22. The number of hydrogen-bond donors (Lipinski definition) is 3. The molecule has 1 heterocycles. The molecule has 7 nitrogen and oxygen atoms in total. The Morgan fingerprint density at radius 3 is 2.85 bits per heavy atom. The molecule has 7 heteroatoms. The number of nitrogens with one attached hydrogen (secondary N) is 1. The van der Waals surface area contributed by atoms with Crippen molar-refractivity contribution in [2.24, 2.45) is 0 Å². The minimum atomic E-state index is -0.695. The SMILES string of the molecule is CN[C@H](C/C=C/c1cncc(OC)c1)COC(=O)c1cc(O)ccc1O. The zero-order valence-electron chi connectivity index (χ0n) is 14.7. The van der Waals surface area contributed by atoms with Crippen LogP contribution >= 0.6 is 0 Å². The summed E-state index contributed by atoms with van der Waals surface area (Å²) in [5.41, 5.74) is 0.832. The van der Waals surface area contributed by atoms with Gasteiger partial charge in [0.25, 0.3) is 0 Å². The van der Waals surface area contributed by atoms with Crippen molar-refractivity contribution in [1.29, 1.82) is 0 Å². The molecule has 0 bridgehead atoms. The number of phenolic OH excluding ortho intramolecular Hbond substituents is 2. The molecule has 0 amide bonds. The molecule has 26 heavy (non-hydrogen) atoms. The summed E-state index contributed by atoms with van der Waals surface area (Å²) in [6.07, 6.45) is 7.81. The Balaban J connectivity index is 1.89. The van der Waals surface area contributed by atoms with Gasteiger partial charge in [-0.05, 0) is 43.3 Å². The topological polar surface area (TPSA) is 101 Å². The Morgan fingerprint density at radius 1 is 1.31 bits per heavy atom. The van der Waals surface area contributed by atoms with E-state index in [1.165, 1.54) is 18.2 Å². The van der Waals surface area contributed by atoms with Crippen molar-refractivity contribution >= 4 is 12.0 Å². The maximum Gasteiger partial charge on any atom is 0.342 e. The van der Waals surface area contributed by atoms with Crippen LogP contribution in [0.5, 0.6) is 17.2 Å². The number of pyridine rings is 1. The van der Waals surface area contributed by atoms with Crippen molar-refractivity contribution < 1.29 is 24.5 Å². The predicted octanol–water partition coefficient (Wildman–Crippen LogP) is 2.35. The summed E-state index contributed by atoms with van der Waals surface area (Å²) < 4.78 is 10.3. The van der Waals surface area contributed by atoms with Gasteiger partial charge in [0.1, 0.15) is 29.4 Å². The van der Waals surface area contributed by atoms with Crippen molar-refractivity contribution in [2.45, 2.75) is 12.5 Å². The lowest BCUT2D eigenvalue weighted by Crippen LogP contribution is -2.31. The second-order valence-corrected chi connectivity index (χ2v) is 5.58. The third kappa shape index (κ3) is 5.49. The molecule has 2 aromatic rings. The molecule has 1 aromatic heterocycles. The highest BCUT2D eigenvalue weighted by Gasteiger charge is 2.15. The number of rotatable bonds is 8. The van der Waals surface area contributed by atoms with Crippen molar-refractivity contribution in [3.05, 3.63) is 53.9 Å². The van der Waals surface area contributed by atoms with E-state index in [9.17, 15) is 15.0 Å². The van der Waals surface area contributed by atoms with Crippen LogP contribution in [0.2, 0.25) is 0 Å². The predicted molar refractivity (Wildman–Crippen MR) is 97.3 cm³/mol. The van der Waals surface area contributed by atoms with Gasteiger partial charge in [-0.15, -0.1) is 0 Å². The average molecular weight is 358 g/mol. The summed E-state index contributed by atoms with van der Waals surface area (Å²) in [7, 11) is 3.35. The van der Waals surface area contributed by atoms with Crippen LogP contribution in [0, 0.1) is 0 Å². The molecular weight excluding hydrogens is 336 g/mol. The first kappa shape index (κ1) is 19.3. The molecule has 0 spiro atoms. The Labute approximate surface area is 151 Å². The van der Waals surface area contributed by atoms with Crippen molar-refractivity contribution in [3.63, 3.8) is 0 Å². The third-order valence-corrected chi connectivity index (χ3v) is 3.72. The first-order valence-corrected chi connectivity index (χ1v) is 8.05. The van der Waals surface area contributed by atoms with Gasteiger partial charge in [0.05, 0.1) is 13.3 Å². The zero-order valence-corrected chi connectivity index (χ0v) is 14.7. The zero-order chi connectivity index (χ0) is 18.9. The number of methoxy groups -OCH3 is 1. The monoisotopic (exact) mass is 358 g/mol. The standard InChI is InChI=1S/C19H22N2O5/c1-20-14(5-3-4-13-8-16(25-2)11-21-10-13)12-26-19(24)17-9-15(22)6-7-18(17)23/h3-4,6-11,14,20,22-23H,5,12H2,1-2H3/b4-3+/t14-/m1/s1. The van der Waals surface area contributed by atoms with Gasteiger partial charge in [-0.3, -0.25) is 4.98 Å². The van der Waals surface area contributed by atoms with E-state index < -0.39 is 5.97 Å². The second kappa shape index (κ2) is 9.43. The summed E-state index contributed by atoms with van der Waals surface area (Å²) in [6.45, 7) is 0.116. The number of carbonyl (C=O) groups excluding carboxylic acids is 1. The van der Waals surface area contributed by atoms with Crippen LogP contribution in [0.3, 0.4) is 0 Å². The van der Waals surface area contributed by atoms with E-state index in [2.05, 4.69) is 10.3 Å². The highest BCUT2D eigenvalue weighted by Crippen LogP contribution is 2.22. The minimum Gasteiger partial charge on any atom is -0.508 e. The smallest absolute Gasteiger partial charge is 0.342 e. The number of aromatic nitrogens is 1. The van der Waals surface area contributed by atoms with Crippen LogP contribution in [0.25, 0.3) is 6.08 Å². The van der Waals surface area contributed by atoms with Crippen LogP contribution in [-0.4, -0.2) is 48.0 Å². The van der Waals surface area contributed by atoms with Crippen molar-refractivity contribution in [1.82, 2.24) is 10.3 Å². The third-order valence-electron chi connectivity index (χ3n) is 3.72. The molecule has 0 radical (unpaired) electrons. The minimum absolute atomic E-state index is 0.0714. The van der Waals surface area contributed by atoms with Crippen LogP contribution in [0.1, 0.15) is 22.3 Å². The summed E-state index contributed by atoms with van der Waals surface area (Å²) in [5, 5.41) is 22.2. The number of aromatic hydroxyl groups is 2. The number of carbonyl (C=O) groups is 1. The molecule has 0 aliphatic carbocycles. The lowest BCUT2D eigenvalue weighted by molar-refractivity contribution is 0.0466.